The summed E-state index contributed by atoms with van der Waals surface area (Å²) < 4.78 is 49.8. The van der Waals surface area contributed by atoms with Crippen LogP contribution in [0.4, 0.5) is 17.6 Å². The van der Waals surface area contributed by atoms with Gasteiger partial charge in [0.15, 0.2) is 0 Å². The first kappa shape index (κ1) is 28.6. The lowest BCUT2D eigenvalue weighted by Crippen LogP contribution is -2.46. The third-order valence-electron chi connectivity index (χ3n) is 7.03. The van der Waals surface area contributed by atoms with E-state index in [1.54, 1.807) is 12.1 Å². The van der Waals surface area contributed by atoms with E-state index in [2.05, 4.69) is 17.1 Å². The Morgan fingerprint density at radius 3 is 2.08 bits per heavy atom. The van der Waals surface area contributed by atoms with Gasteiger partial charge in [0, 0.05) is 33.8 Å². The number of aromatic amines is 1. The highest BCUT2D eigenvalue weighted by Gasteiger charge is 2.35. The van der Waals surface area contributed by atoms with E-state index in [4.69, 9.17) is 18.4 Å². The Morgan fingerprint density at radius 2 is 1.44 bits per heavy atom. The Balaban J connectivity index is 1.61. The molecular weight excluding hydrogens is 484 g/mol. The van der Waals surface area contributed by atoms with E-state index >= 15 is 0 Å². The lowest BCUT2D eigenvalue weighted by molar-refractivity contribution is -0.135. The molecule has 0 spiro atoms. The van der Waals surface area contributed by atoms with Gasteiger partial charge in [-0.15, -0.1) is 0 Å². The number of rotatable bonds is 14. The van der Waals surface area contributed by atoms with Crippen LogP contribution in [-0.4, -0.2) is 16.7 Å². The third-order valence-corrected chi connectivity index (χ3v) is 7.44. The van der Waals surface area contributed by atoms with Crippen molar-refractivity contribution in [2.24, 2.45) is 5.73 Å². The van der Waals surface area contributed by atoms with Crippen molar-refractivity contribution in [1.29, 1.82) is 0 Å². The number of alkyl halides is 3. The standard InChI is InChI=1S/C29H38F4N2S/c1-27(36,23-12-14-24(30)15-13-23)21-28(34,20-22-10-9-11-26-25(22)16-19-35-26)17-7-5-3-2-4-6-8-18-29(31,32)33/h9-16,19,35-36H,2-8,17-18,20-21,34H2,1H3. The molecule has 3 N–H and O–H groups in total. The summed E-state index contributed by atoms with van der Waals surface area (Å²) in [6.45, 7) is 2.03. The zero-order valence-corrected chi connectivity index (χ0v) is 21.9. The van der Waals surface area contributed by atoms with Crippen molar-refractivity contribution in [3.8, 4) is 0 Å². The van der Waals surface area contributed by atoms with E-state index in [1.807, 2.05) is 25.3 Å². The van der Waals surface area contributed by atoms with Crippen molar-refractivity contribution >= 4 is 23.5 Å². The van der Waals surface area contributed by atoms with Gasteiger partial charge in [0.25, 0.3) is 0 Å². The van der Waals surface area contributed by atoms with Gasteiger partial charge < -0.3 is 10.7 Å². The minimum Gasteiger partial charge on any atom is -0.361 e. The highest BCUT2D eigenvalue weighted by Crippen LogP contribution is 2.39. The third kappa shape index (κ3) is 8.84. The Bertz CT molecular complexity index is 1070. The molecule has 0 saturated carbocycles. The summed E-state index contributed by atoms with van der Waals surface area (Å²) in [6.07, 6.45) is 4.84. The molecule has 36 heavy (non-hydrogen) atoms. The molecule has 3 rings (SSSR count). The van der Waals surface area contributed by atoms with Gasteiger partial charge in [0.1, 0.15) is 5.82 Å². The van der Waals surface area contributed by atoms with Crippen LogP contribution in [0.5, 0.6) is 0 Å². The number of aromatic nitrogens is 1. The molecule has 0 saturated heterocycles. The number of halogens is 4. The largest absolute Gasteiger partial charge is 0.389 e. The number of nitrogens with one attached hydrogen (secondary N) is 1. The van der Waals surface area contributed by atoms with Crippen LogP contribution in [0.3, 0.4) is 0 Å². The van der Waals surface area contributed by atoms with Gasteiger partial charge in [-0.3, -0.25) is 0 Å². The predicted molar refractivity (Wildman–Crippen MR) is 144 cm³/mol. The molecule has 2 unspecified atom stereocenters. The molecule has 1 heterocycles. The second-order valence-corrected chi connectivity index (χ2v) is 11.4. The number of hydrogen-bond acceptors (Lipinski definition) is 2. The highest BCUT2D eigenvalue weighted by atomic mass is 32.1. The molecule has 198 valence electrons. The molecule has 1 aromatic heterocycles. The maximum absolute atomic E-state index is 13.5. The molecule has 3 aromatic rings. The van der Waals surface area contributed by atoms with E-state index < -0.39 is 22.9 Å². The summed E-state index contributed by atoms with van der Waals surface area (Å²) in [5.41, 5.74) is 9.79. The van der Waals surface area contributed by atoms with E-state index in [9.17, 15) is 17.6 Å². The zero-order chi connectivity index (χ0) is 26.2. The van der Waals surface area contributed by atoms with Gasteiger partial charge >= 0.3 is 6.18 Å². The number of unbranched alkanes of at least 4 members (excludes halogenated alkanes) is 6. The Hall–Kier alpha value is -1.99. The molecule has 0 radical (unpaired) electrons. The summed E-state index contributed by atoms with van der Waals surface area (Å²) in [5, 5.41) is 1.16. The maximum atomic E-state index is 13.5. The van der Waals surface area contributed by atoms with Gasteiger partial charge in [0.05, 0.1) is 0 Å². The molecule has 0 aliphatic carbocycles. The van der Waals surface area contributed by atoms with Crippen molar-refractivity contribution in [2.45, 2.75) is 94.0 Å². The summed E-state index contributed by atoms with van der Waals surface area (Å²) >= 11 is 4.97. The molecule has 0 bridgehead atoms. The molecule has 0 aliphatic rings. The molecule has 0 amide bonds. The minimum atomic E-state index is -4.05. The topological polar surface area (TPSA) is 41.8 Å². The van der Waals surface area contributed by atoms with Gasteiger partial charge in [0.2, 0.25) is 0 Å². The second-order valence-electron chi connectivity index (χ2n) is 10.4. The van der Waals surface area contributed by atoms with Crippen molar-refractivity contribution in [2.75, 3.05) is 0 Å². The van der Waals surface area contributed by atoms with E-state index in [1.165, 1.54) is 17.7 Å². The fourth-order valence-corrected chi connectivity index (χ4v) is 5.67. The molecular formula is C29H38F4N2S. The number of thiol groups is 1. The van der Waals surface area contributed by atoms with E-state index in [0.29, 0.717) is 19.3 Å². The summed E-state index contributed by atoms with van der Waals surface area (Å²) in [7, 11) is 0. The number of nitrogens with two attached hydrogens (primary N) is 1. The van der Waals surface area contributed by atoms with Crippen molar-refractivity contribution in [3.05, 3.63) is 71.7 Å². The van der Waals surface area contributed by atoms with E-state index in [-0.39, 0.29) is 12.2 Å². The number of fused-ring (bicyclic) bond motifs is 1. The predicted octanol–water partition coefficient (Wildman–Crippen LogP) is 8.86. The first-order valence-electron chi connectivity index (χ1n) is 12.9. The molecule has 2 aromatic carbocycles. The lowest BCUT2D eigenvalue weighted by Gasteiger charge is -2.38. The average Bonchev–Trinajstić information content (AvgIpc) is 3.27. The Morgan fingerprint density at radius 1 is 0.833 bits per heavy atom. The van der Waals surface area contributed by atoms with Gasteiger partial charge in [-0.2, -0.15) is 25.8 Å². The van der Waals surface area contributed by atoms with Crippen molar-refractivity contribution < 1.29 is 17.6 Å². The van der Waals surface area contributed by atoms with Crippen LogP contribution in [0.25, 0.3) is 10.9 Å². The smallest absolute Gasteiger partial charge is 0.361 e. The van der Waals surface area contributed by atoms with Gasteiger partial charge in [-0.1, -0.05) is 62.8 Å². The van der Waals surface area contributed by atoms with Crippen molar-refractivity contribution in [3.63, 3.8) is 0 Å². The first-order chi connectivity index (χ1) is 17.0. The summed E-state index contributed by atoms with van der Waals surface area (Å²) in [4.78, 5) is 3.26. The quantitative estimate of drug-likeness (QED) is 0.110. The summed E-state index contributed by atoms with van der Waals surface area (Å²) in [5.74, 6) is -0.278. The van der Waals surface area contributed by atoms with Crippen LogP contribution in [0.15, 0.2) is 54.7 Å². The van der Waals surface area contributed by atoms with Gasteiger partial charge in [-0.05, 0) is 68.0 Å². The van der Waals surface area contributed by atoms with Crippen LogP contribution in [-0.2, 0) is 11.2 Å². The molecule has 2 atom stereocenters. The van der Waals surface area contributed by atoms with Crippen LogP contribution in [0.2, 0.25) is 0 Å². The second kappa shape index (κ2) is 12.5. The fourth-order valence-electron chi connectivity index (χ4n) is 5.21. The molecule has 0 aliphatic heterocycles. The van der Waals surface area contributed by atoms with Gasteiger partial charge in [-0.25, -0.2) is 4.39 Å². The highest BCUT2D eigenvalue weighted by molar-refractivity contribution is 7.81. The van der Waals surface area contributed by atoms with Crippen LogP contribution in [0.1, 0.15) is 82.3 Å². The summed E-state index contributed by atoms with van der Waals surface area (Å²) in [6, 6.07) is 14.7. The number of benzene rings is 2. The average molecular weight is 523 g/mol. The van der Waals surface area contributed by atoms with Crippen LogP contribution < -0.4 is 5.73 Å². The first-order valence-corrected chi connectivity index (χ1v) is 13.3. The van der Waals surface area contributed by atoms with Crippen LogP contribution >= 0.6 is 12.6 Å². The monoisotopic (exact) mass is 522 g/mol. The SMILES string of the molecule is CC(S)(CC(N)(CCCCCCCCCC(F)(F)F)Cc1cccc2[nH]ccc12)c1ccc(F)cc1. The maximum Gasteiger partial charge on any atom is 0.389 e. The minimum absolute atomic E-state index is 0.212. The van der Waals surface area contributed by atoms with Crippen molar-refractivity contribution in [1.82, 2.24) is 4.98 Å². The van der Waals surface area contributed by atoms with E-state index in [0.717, 1.165) is 55.0 Å². The van der Waals surface area contributed by atoms with Crippen LogP contribution in [0, 0.1) is 5.82 Å². The normalized spacial score (nSPS) is 15.6. The Labute approximate surface area is 217 Å². The fraction of sp³-hybridized carbons (Fsp3) is 0.517. The zero-order valence-electron chi connectivity index (χ0n) is 21.0. The molecule has 7 heteroatoms. The number of H-pyrrole nitrogens is 1. The molecule has 0 fully saturated rings. The lowest BCUT2D eigenvalue weighted by atomic mass is 9.77. The Kier molecular flexibility index (Phi) is 9.93. The number of hydrogen-bond donors (Lipinski definition) is 3. The molecule has 2 nitrogen and oxygen atoms in total.